The summed E-state index contributed by atoms with van der Waals surface area (Å²) in [4.78, 5) is 28.9. The molecule has 0 aliphatic carbocycles. The number of pyridine rings is 1. The molecule has 6 nitrogen and oxygen atoms in total. The van der Waals surface area contributed by atoms with Gasteiger partial charge in [-0.1, -0.05) is 37.3 Å². The zero-order valence-corrected chi connectivity index (χ0v) is 16.0. The minimum absolute atomic E-state index is 0.216. The molecule has 1 aromatic heterocycles. The van der Waals surface area contributed by atoms with E-state index in [4.69, 9.17) is 4.74 Å². The number of aromatic nitrogens is 1. The molecule has 0 saturated heterocycles. The number of rotatable bonds is 6. The molecule has 0 radical (unpaired) electrons. The summed E-state index contributed by atoms with van der Waals surface area (Å²) in [5.74, 6) is -0.894. The van der Waals surface area contributed by atoms with Gasteiger partial charge in [-0.2, -0.15) is 0 Å². The maximum atomic E-state index is 12.3. The van der Waals surface area contributed by atoms with Crippen molar-refractivity contribution < 1.29 is 14.3 Å². The highest BCUT2D eigenvalue weighted by Crippen LogP contribution is 2.26. The molecule has 2 aromatic carbocycles. The van der Waals surface area contributed by atoms with Gasteiger partial charge in [0.25, 0.3) is 0 Å². The van der Waals surface area contributed by atoms with Gasteiger partial charge in [-0.05, 0) is 42.7 Å². The van der Waals surface area contributed by atoms with Crippen LogP contribution in [0.5, 0.6) is 5.75 Å². The number of aryl methyl sites for hydroxylation is 1. The van der Waals surface area contributed by atoms with Crippen molar-refractivity contribution in [2.75, 3.05) is 11.9 Å². The number of hydrogen-bond donors (Lipinski definition) is 2. The van der Waals surface area contributed by atoms with Crippen LogP contribution < -0.4 is 15.4 Å². The fraction of sp³-hybridized carbons (Fsp3) is 0.227. The molecule has 0 unspecified atom stereocenters. The van der Waals surface area contributed by atoms with E-state index in [1.54, 1.807) is 12.3 Å². The average Bonchev–Trinajstić information content (AvgIpc) is 2.71. The number of carbonyl (C=O) groups excluding carboxylic acids is 2. The Kier molecular flexibility index (Phi) is 6.22. The number of nitrogens with one attached hydrogen (secondary N) is 2. The lowest BCUT2D eigenvalue weighted by molar-refractivity contribution is -0.136. The number of anilines is 1. The van der Waals surface area contributed by atoms with Crippen LogP contribution in [0.25, 0.3) is 10.9 Å². The van der Waals surface area contributed by atoms with Crippen molar-refractivity contribution in [2.24, 2.45) is 0 Å². The summed E-state index contributed by atoms with van der Waals surface area (Å²) < 4.78 is 5.67. The first-order chi connectivity index (χ1) is 13.6. The zero-order valence-electron chi connectivity index (χ0n) is 16.0. The SMILES string of the molecule is CCCOc1cc(C)ccc1NC(=O)C(=O)NCc1cccc2cccnc12. The van der Waals surface area contributed by atoms with Gasteiger partial charge >= 0.3 is 11.8 Å². The third-order valence-electron chi connectivity index (χ3n) is 4.21. The monoisotopic (exact) mass is 377 g/mol. The van der Waals surface area contributed by atoms with Crippen molar-refractivity contribution in [1.29, 1.82) is 0 Å². The normalized spacial score (nSPS) is 10.5. The summed E-state index contributed by atoms with van der Waals surface area (Å²) in [5, 5.41) is 6.26. The summed E-state index contributed by atoms with van der Waals surface area (Å²) in [5.41, 5.74) is 3.14. The van der Waals surface area contributed by atoms with Crippen LogP contribution in [0.2, 0.25) is 0 Å². The number of fused-ring (bicyclic) bond motifs is 1. The second-order valence-electron chi connectivity index (χ2n) is 6.48. The Morgan fingerprint density at radius 2 is 1.89 bits per heavy atom. The second kappa shape index (κ2) is 8.99. The van der Waals surface area contributed by atoms with E-state index in [1.807, 2.05) is 56.3 Å². The Bertz CT molecular complexity index is 996. The summed E-state index contributed by atoms with van der Waals surface area (Å²) in [6.45, 7) is 4.69. The lowest BCUT2D eigenvalue weighted by Gasteiger charge is -2.13. The predicted molar refractivity (Wildman–Crippen MR) is 109 cm³/mol. The maximum Gasteiger partial charge on any atom is 0.313 e. The van der Waals surface area contributed by atoms with E-state index < -0.39 is 11.8 Å². The third kappa shape index (κ3) is 4.65. The van der Waals surface area contributed by atoms with E-state index >= 15 is 0 Å². The standard InChI is InChI=1S/C22H23N3O3/c1-3-12-28-19-13-15(2)9-10-18(19)25-22(27)21(26)24-14-17-7-4-6-16-8-5-11-23-20(16)17/h4-11,13H,3,12,14H2,1-2H3,(H,24,26)(H,25,27). The Morgan fingerprint density at radius 3 is 2.71 bits per heavy atom. The quantitative estimate of drug-likeness (QED) is 0.644. The van der Waals surface area contributed by atoms with Gasteiger partial charge in [0.1, 0.15) is 5.75 Å². The molecule has 28 heavy (non-hydrogen) atoms. The minimum atomic E-state index is -0.738. The van der Waals surface area contributed by atoms with Crippen molar-refractivity contribution in [3.8, 4) is 5.75 Å². The van der Waals surface area contributed by atoms with E-state index in [0.717, 1.165) is 28.5 Å². The molecule has 0 aliphatic rings. The highest BCUT2D eigenvalue weighted by Gasteiger charge is 2.16. The minimum Gasteiger partial charge on any atom is -0.491 e. The second-order valence-corrected chi connectivity index (χ2v) is 6.48. The molecule has 0 saturated carbocycles. The first-order valence-corrected chi connectivity index (χ1v) is 9.23. The van der Waals surface area contributed by atoms with Gasteiger partial charge in [0, 0.05) is 18.1 Å². The predicted octanol–water partition coefficient (Wildman–Crippen LogP) is 3.59. The number of para-hydroxylation sites is 1. The van der Waals surface area contributed by atoms with Crippen molar-refractivity contribution in [1.82, 2.24) is 10.3 Å². The highest BCUT2D eigenvalue weighted by atomic mass is 16.5. The van der Waals surface area contributed by atoms with Crippen LogP contribution in [0.1, 0.15) is 24.5 Å². The van der Waals surface area contributed by atoms with Crippen LogP contribution in [0, 0.1) is 6.92 Å². The van der Waals surface area contributed by atoms with Gasteiger partial charge < -0.3 is 15.4 Å². The van der Waals surface area contributed by atoms with Crippen molar-refractivity contribution in [3.05, 3.63) is 65.9 Å². The third-order valence-corrected chi connectivity index (χ3v) is 4.21. The Hall–Kier alpha value is -3.41. The van der Waals surface area contributed by atoms with Gasteiger partial charge in [0.05, 0.1) is 17.8 Å². The number of benzene rings is 2. The number of ether oxygens (including phenoxy) is 1. The lowest BCUT2D eigenvalue weighted by Crippen LogP contribution is -2.35. The molecule has 0 atom stereocenters. The lowest BCUT2D eigenvalue weighted by atomic mass is 10.1. The fourth-order valence-electron chi connectivity index (χ4n) is 2.81. The molecule has 2 amide bonds. The topological polar surface area (TPSA) is 80.3 Å². The summed E-state index contributed by atoms with van der Waals surface area (Å²) in [6, 6.07) is 15.0. The number of hydrogen-bond acceptors (Lipinski definition) is 4. The highest BCUT2D eigenvalue weighted by molar-refractivity contribution is 6.39. The van der Waals surface area contributed by atoms with Crippen LogP contribution in [-0.2, 0) is 16.1 Å². The fourth-order valence-corrected chi connectivity index (χ4v) is 2.81. The Labute approximate surface area is 163 Å². The average molecular weight is 377 g/mol. The van der Waals surface area contributed by atoms with Gasteiger partial charge in [-0.3, -0.25) is 14.6 Å². The molecule has 0 aliphatic heterocycles. The molecule has 0 fully saturated rings. The summed E-state index contributed by atoms with van der Waals surface area (Å²) in [7, 11) is 0. The van der Waals surface area contributed by atoms with Crippen LogP contribution in [0.15, 0.2) is 54.7 Å². The number of carbonyl (C=O) groups is 2. The van der Waals surface area contributed by atoms with Crippen LogP contribution >= 0.6 is 0 Å². The summed E-state index contributed by atoms with van der Waals surface area (Å²) in [6.07, 6.45) is 2.55. The van der Waals surface area contributed by atoms with Crippen LogP contribution in [0.4, 0.5) is 5.69 Å². The smallest absolute Gasteiger partial charge is 0.313 e. The van der Waals surface area contributed by atoms with E-state index in [2.05, 4.69) is 15.6 Å². The number of nitrogens with zero attached hydrogens (tertiary/aromatic N) is 1. The maximum absolute atomic E-state index is 12.3. The largest absolute Gasteiger partial charge is 0.491 e. The van der Waals surface area contributed by atoms with Crippen molar-refractivity contribution in [3.63, 3.8) is 0 Å². The summed E-state index contributed by atoms with van der Waals surface area (Å²) >= 11 is 0. The van der Waals surface area contributed by atoms with Crippen LogP contribution in [0.3, 0.4) is 0 Å². The molecule has 144 valence electrons. The zero-order chi connectivity index (χ0) is 19.9. The Morgan fingerprint density at radius 1 is 1.07 bits per heavy atom. The Balaban J connectivity index is 1.66. The van der Waals surface area contributed by atoms with E-state index in [1.165, 1.54) is 0 Å². The van der Waals surface area contributed by atoms with Crippen molar-refractivity contribution >= 4 is 28.4 Å². The first kappa shape index (κ1) is 19.4. The first-order valence-electron chi connectivity index (χ1n) is 9.23. The molecule has 3 aromatic rings. The van der Waals surface area contributed by atoms with Gasteiger partial charge in [0.2, 0.25) is 0 Å². The molecule has 1 heterocycles. The molecule has 0 bridgehead atoms. The van der Waals surface area contributed by atoms with Gasteiger partial charge in [-0.25, -0.2) is 0 Å². The van der Waals surface area contributed by atoms with E-state index in [9.17, 15) is 9.59 Å². The molecule has 6 heteroatoms. The molecule has 2 N–H and O–H groups in total. The molecule has 3 rings (SSSR count). The molecular formula is C22H23N3O3. The molecule has 0 spiro atoms. The van der Waals surface area contributed by atoms with E-state index in [-0.39, 0.29) is 6.54 Å². The van der Waals surface area contributed by atoms with Gasteiger partial charge in [-0.15, -0.1) is 0 Å². The van der Waals surface area contributed by atoms with Gasteiger partial charge in [0.15, 0.2) is 0 Å². The van der Waals surface area contributed by atoms with Crippen LogP contribution in [-0.4, -0.2) is 23.4 Å². The molecular weight excluding hydrogens is 354 g/mol. The van der Waals surface area contributed by atoms with Crippen molar-refractivity contribution in [2.45, 2.75) is 26.8 Å². The van der Waals surface area contributed by atoms with E-state index in [0.29, 0.717) is 18.0 Å². The number of amides is 2.